The van der Waals surface area contributed by atoms with Crippen molar-refractivity contribution >= 4 is 46.0 Å². The summed E-state index contributed by atoms with van der Waals surface area (Å²) in [5.74, 6) is -1.64. The number of carbonyl (C=O) groups is 1. The predicted octanol–water partition coefficient (Wildman–Crippen LogP) is 2.57. The number of para-hydroxylation sites is 1. The molecule has 0 radical (unpaired) electrons. The minimum atomic E-state index is -3.24. The predicted molar refractivity (Wildman–Crippen MR) is 141 cm³/mol. The van der Waals surface area contributed by atoms with Crippen LogP contribution in [0.3, 0.4) is 0 Å². The fourth-order valence-corrected chi connectivity index (χ4v) is 4.99. The van der Waals surface area contributed by atoms with Crippen molar-refractivity contribution in [1.82, 2.24) is 24.8 Å². The minimum Gasteiger partial charge on any atom is -0.382 e. The number of nitrogens with one attached hydrogen (secondary N) is 1. The number of hydrogen-bond donors (Lipinski definition) is 3. The number of alkyl halides is 2. The number of nitriles is 1. The number of halogens is 3. The van der Waals surface area contributed by atoms with Gasteiger partial charge in [-0.2, -0.15) is 24.0 Å². The van der Waals surface area contributed by atoms with E-state index < -0.39 is 30.0 Å². The van der Waals surface area contributed by atoms with Crippen molar-refractivity contribution < 1.29 is 13.6 Å². The number of nitrogens with two attached hydrogens (primary N) is 2. The van der Waals surface area contributed by atoms with E-state index in [1.54, 1.807) is 53.4 Å². The van der Waals surface area contributed by atoms with Crippen LogP contribution in [0.1, 0.15) is 23.9 Å². The lowest BCUT2D eigenvalue weighted by Crippen LogP contribution is -2.40. The summed E-state index contributed by atoms with van der Waals surface area (Å²) in [7, 11) is 0. The Balaban J connectivity index is 1.77. The topological polar surface area (TPSA) is 169 Å². The second-order valence-electron chi connectivity index (χ2n) is 8.77. The van der Waals surface area contributed by atoms with Crippen LogP contribution in [-0.4, -0.2) is 44.4 Å². The largest absolute Gasteiger partial charge is 0.382 e. The number of nitrogens with zero attached hydrogens (tertiary/aromatic N) is 6. The van der Waals surface area contributed by atoms with Crippen LogP contribution in [0.5, 0.6) is 0 Å². The van der Waals surface area contributed by atoms with Gasteiger partial charge in [-0.05, 0) is 30.7 Å². The van der Waals surface area contributed by atoms with Crippen molar-refractivity contribution in [3.8, 4) is 11.8 Å². The Morgan fingerprint density at radius 2 is 1.87 bits per heavy atom. The molecular weight excluding hydrogens is 532 g/mol. The van der Waals surface area contributed by atoms with Crippen LogP contribution in [0.4, 0.5) is 26.4 Å². The van der Waals surface area contributed by atoms with E-state index in [1.807, 2.05) is 6.07 Å². The number of anilines is 3. The van der Waals surface area contributed by atoms with Gasteiger partial charge in [-0.1, -0.05) is 35.9 Å². The van der Waals surface area contributed by atoms with Crippen LogP contribution < -0.4 is 27.2 Å². The van der Waals surface area contributed by atoms with Crippen molar-refractivity contribution in [2.24, 2.45) is 0 Å². The Hall–Kier alpha value is -4.83. The van der Waals surface area contributed by atoms with Gasteiger partial charge < -0.3 is 21.7 Å². The van der Waals surface area contributed by atoms with Crippen molar-refractivity contribution in [2.45, 2.75) is 24.9 Å². The smallest absolute Gasteiger partial charge is 0.315 e. The number of aromatic nitrogens is 4. The van der Waals surface area contributed by atoms with Gasteiger partial charge in [0.05, 0.1) is 27.7 Å². The number of benzene rings is 2. The zero-order chi connectivity index (χ0) is 27.8. The number of rotatable bonds is 5. The van der Waals surface area contributed by atoms with Crippen molar-refractivity contribution in [2.75, 3.05) is 22.9 Å². The molecule has 5 N–H and O–H groups in total. The fraction of sp³-hybridized carbons (Fsp3) is 0.200. The van der Waals surface area contributed by atoms with E-state index in [2.05, 4.69) is 15.3 Å². The Kier molecular flexibility index (Phi) is 6.71. The first kappa shape index (κ1) is 25.8. The van der Waals surface area contributed by atoms with Gasteiger partial charge in [0.15, 0.2) is 5.82 Å². The molecule has 198 valence electrons. The van der Waals surface area contributed by atoms with E-state index in [1.165, 1.54) is 4.57 Å². The molecule has 0 spiro atoms. The minimum absolute atomic E-state index is 0.0151. The maximum atomic E-state index is 13.9. The molecule has 0 aliphatic carbocycles. The summed E-state index contributed by atoms with van der Waals surface area (Å²) in [5, 5.41) is 12.5. The van der Waals surface area contributed by atoms with Crippen LogP contribution in [-0.2, 0) is 4.79 Å². The lowest BCUT2D eigenvalue weighted by molar-refractivity contribution is -0.132. The summed E-state index contributed by atoms with van der Waals surface area (Å²) in [6.45, 7) is -0.0635. The van der Waals surface area contributed by atoms with Gasteiger partial charge >= 0.3 is 6.43 Å². The molecule has 5 rings (SSSR count). The first-order chi connectivity index (χ1) is 18.7. The molecule has 0 unspecified atom stereocenters. The van der Waals surface area contributed by atoms with Gasteiger partial charge in [-0.3, -0.25) is 14.2 Å². The molecule has 1 amide bonds. The number of carbonyl (C=O) groups excluding carboxylic acids is 1. The molecule has 1 aliphatic rings. The second-order valence-corrected chi connectivity index (χ2v) is 9.17. The molecule has 2 aromatic heterocycles. The van der Waals surface area contributed by atoms with Gasteiger partial charge in [-0.15, -0.1) is 0 Å². The molecule has 0 bridgehead atoms. The highest BCUT2D eigenvalue weighted by Crippen LogP contribution is 2.38. The van der Waals surface area contributed by atoms with Crippen molar-refractivity contribution in [3.63, 3.8) is 0 Å². The summed E-state index contributed by atoms with van der Waals surface area (Å²) >= 11 is 6.38. The molecule has 1 saturated heterocycles. The third-order valence-corrected chi connectivity index (χ3v) is 6.66. The van der Waals surface area contributed by atoms with Crippen LogP contribution in [0.2, 0.25) is 5.02 Å². The highest BCUT2D eigenvalue weighted by Gasteiger charge is 2.40. The second kappa shape index (κ2) is 10.1. The summed E-state index contributed by atoms with van der Waals surface area (Å²) < 4.78 is 27.6. The highest BCUT2D eigenvalue weighted by atomic mass is 35.5. The standard InChI is InChI=1S/C25H20ClF2N9O2/c26-15-7-4-8-16-18(15)24(39)37(13-5-2-1-3-6-13)22(33-16)17-9-12(32-23(38)19(27)28)11-36(17)21-14(10-29)20(30)34-25(31)35-21/h1-8,12,17,19H,9,11H2,(H,32,38)(H4,30,31,34,35)/t12-,17+/m1/s1. The van der Waals surface area contributed by atoms with Gasteiger partial charge in [0.1, 0.15) is 23.3 Å². The number of hydrogen-bond acceptors (Lipinski definition) is 9. The Labute approximate surface area is 224 Å². The molecule has 3 heterocycles. The SMILES string of the molecule is N#Cc1c(N)nc(N)nc1N1C[C@H](NC(=O)C(F)F)C[C@H]1c1nc2cccc(Cl)c2c(=O)n1-c1ccccc1. The number of nitrogen functional groups attached to an aromatic ring is 2. The third kappa shape index (κ3) is 4.66. The number of amides is 1. The highest BCUT2D eigenvalue weighted by molar-refractivity contribution is 6.35. The van der Waals surface area contributed by atoms with Gasteiger partial charge in [0.25, 0.3) is 11.5 Å². The molecule has 1 aliphatic heterocycles. The molecule has 1 fully saturated rings. The van der Waals surface area contributed by atoms with Crippen LogP contribution in [0.25, 0.3) is 16.6 Å². The first-order valence-electron chi connectivity index (χ1n) is 11.6. The molecule has 4 aromatic rings. The van der Waals surface area contributed by atoms with Crippen molar-refractivity contribution in [3.05, 3.63) is 75.3 Å². The first-order valence-corrected chi connectivity index (χ1v) is 12.0. The molecule has 14 heteroatoms. The van der Waals surface area contributed by atoms with Gasteiger partial charge in [-0.25, -0.2) is 4.98 Å². The van der Waals surface area contributed by atoms with E-state index in [9.17, 15) is 23.6 Å². The average molecular weight is 552 g/mol. The van der Waals surface area contributed by atoms with E-state index in [-0.39, 0.29) is 52.3 Å². The normalized spacial score (nSPS) is 16.9. The molecule has 2 atom stereocenters. The third-order valence-electron chi connectivity index (χ3n) is 6.35. The molecule has 0 saturated carbocycles. The molecule has 11 nitrogen and oxygen atoms in total. The molecule has 39 heavy (non-hydrogen) atoms. The summed E-state index contributed by atoms with van der Waals surface area (Å²) in [6.07, 6.45) is -3.20. The van der Waals surface area contributed by atoms with Crippen LogP contribution in [0.15, 0.2) is 53.3 Å². The van der Waals surface area contributed by atoms with E-state index in [4.69, 9.17) is 28.1 Å². The molecule has 2 aromatic carbocycles. The molecular formula is C25H20ClF2N9O2. The number of fused-ring (bicyclic) bond motifs is 1. The maximum Gasteiger partial charge on any atom is 0.315 e. The maximum absolute atomic E-state index is 13.9. The summed E-state index contributed by atoms with van der Waals surface area (Å²) in [6, 6.07) is 13.8. The lowest BCUT2D eigenvalue weighted by Gasteiger charge is -2.28. The Morgan fingerprint density at radius 3 is 2.56 bits per heavy atom. The quantitative estimate of drug-likeness (QED) is 0.337. The average Bonchev–Trinajstić information content (AvgIpc) is 3.32. The van der Waals surface area contributed by atoms with E-state index in [0.717, 1.165) is 0 Å². The summed E-state index contributed by atoms with van der Waals surface area (Å²) in [4.78, 5) is 40.1. The Morgan fingerprint density at radius 1 is 1.13 bits per heavy atom. The zero-order valence-corrected chi connectivity index (χ0v) is 20.8. The zero-order valence-electron chi connectivity index (χ0n) is 20.1. The lowest BCUT2D eigenvalue weighted by atomic mass is 10.1. The van der Waals surface area contributed by atoms with Crippen molar-refractivity contribution in [1.29, 1.82) is 5.26 Å². The van der Waals surface area contributed by atoms with E-state index >= 15 is 0 Å². The van der Waals surface area contributed by atoms with Gasteiger partial charge in [0, 0.05) is 12.6 Å². The Bertz CT molecular complexity index is 1690. The van der Waals surface area contributed by atoms with Crippen LogP contribution in [0, 0.1) is 11.3 Å². The summed E-state index contributed by atoms with van der Waals surface area (Å²) in [5.41, 5.74) is 12.0. The van der Waals surface area contributed by atoms with Crippen LogP contribution >= 0.6 is 11.6 Å². The fourth-order valence-electron chi connectivity index (χ4n) is 4.74. The monoisotopic (exact) mass is 551 g/mol. The van der Waals surface area contributed by atoms with Gasteiger partial charge in [0.2, 0.25) is 5.95 Å². The van der Waals surface area contributed by atoms with E-state index in [0.29, 0.717) is 11.2 Å².